The van der Waals surface area contributed by atoms with Gasteiger partial charge in [0.1, 0.15) is 10.00 Å². The number of benzene rings is 1. The quantitative estimate of drug-likeness (QED) is 0.281. The summed E-state index contributed by atoms with van der Waals surface area (Å²) in [4.78, 5) is 22.4. The third-order valence-corrected chi connectivity index (χ3v) is 7.20. The van der Waals surface area contributed by atoms with E-state index in [9.17, 15) is 14.9 Å². The van der Waals surface area contributed by atoms with Crippen molar-refractivity contribution in [3.63, 3.8) is 0 Å². The van der Waals surface area contributed by atoms with E-state index in [0.29, 0.717) is 5.56 Å². The van der Waals surface area contributed by atoms with Crippen LogP contribution in [0, 0.1) is 10.1 Å². The second-order valence-electron chi connectivity index (χ2n) is 4.91. The smallest absolute Gasteiger partial charge is 0.292 e. The lowest BCUT2D eigenvalue weighted by molar-refractivity contribution is -0.513. The van der Waals surface area contributed by atoms with Crippen LogP contribution in [-0.2, 0) is 0 Å². The van der Waals surface area contributed by atoms with Crippen LogP contribution >= 0.6 is 23.5 Å². The molecule has 4 nitrogen and oxygen atoms in total. The van der Waals surface area contributed by atoms with Crippen molar-refractivity contribution in [3.05, 3.63) is 58.2 Å². The molecule has 0 spiro atoms. The van der Waals surface area contributed by atoms with Crippen molar-refractivity contribution in [2.24, 2.45) is 0 Å². The molecule has 6 heteroatoms. The fourth-order valence-corrected chi connectivity index (χ4v) is 5.80. The van der Waals surface area contributed by atoms with Gasteiger partial charge < -0.3 is 0 Å². The average molecular weight is 291 g/mol. The molecule has 0 bridgehead atoms. The van der Waals surface area contributed by atoms with Gasteiger partial charge in [-0.1, -0.05) is 48.2 Å². The SMILES string of the molecule is O=C(c1ccccc1)C12C=CC3([N+](=O)[O-])SC3C1S2. The molecule has 0 radical (unpaired) electrons. The zero-order chi connectivity index (χ0) is 13.3. The van der Waals surface area contributed by atoms with Crippen molar-refractivity contribution in [2.45, 2.75) is 20.1 Å². The number of hydrogen-bond donors (Lipinski definition) is 0. The Kier molecular flexibility index (Phi) is 2.09. The van der Waals surface area contributed by atoms with Crippen molar-refractivity contribution < 1.29 is 9.72 Å². The van der Waals surface area contributed by atoms with Crippen LogP contribution in [-0.4, -0.2) is 30.8 Å². The minimum absolute atomic E-state index is 0.0508. The van der Waals surface area contributed by atoms with Gasteiger partial charge in [-0.05, 0) is 0 Å². The number of rotatable bonds is 3. The summed E-state index contributed by atoms with van der Waals surface area (Å²) >= 11 is 2.91. The van der Waals surface area contributed by atoms with Gasteiger partial charge in [0.05, 0.1) is 5.25 Å². The number of Topliss-reactive ketones (excluding diaryl/α,β-unsaturated/α-hetero) is 1. The molecule has 0 saturated carbocycles. The van der Waals surface area contributed by atoms with Gasteiger partial charge in [0, 0.05) is 16.6 Å². The highest BCUT2D eigenvalue weighted by atomic mass is 32.2. The Bertz CT molecular complexity index is 632. The lowest BCUT2D eigenvalue weighted by Gasteiger charge is -2.13. The first-order chi connectivity index (χ1) is 9.10. The maximum absolute atomic E-state index is 12.6. The third-order valence-electron chi connectivity index (χ3n) is 3.87. The molecule has 2 fully saturated rings. The number of thioether (sulfide) groups is 2. The van der Waals surface area contributed by atoms with E-state index >= 15 is 0 Å². The summed E-state index contributed by atoms with van der Waals surface area (Å²) in [7, 11) is 0. The molecule has 1 aromatic rings. The van der Waals surface area contributed by atoms with E-state index in [2.05, 4.69) is 0 Å². The molecule has 0 N–H and O–H groups in total. The van der Waals surface area contributed by atoms with E-state index in [0.717, 1.165) is 0 Å². The van der Waals surface area contributed by atoms with Gasteiger partial charge in [0.2, 0.25) is 0 Å². The van der Waals surface area contributed by atoms with Crippen molar-refractivity contribution in [1.29, 1.82) is 0 Å². The molecule has 3 aliphatic rings. The molecule has 1 aromatic carbocycles. The number of carbonyl (C=O) groups excluding carboxylic acids is 1. The summed E-state index contributed by atoms with van der Waals surface area (Å²) < 4.78 is -0.547. The molecule has 96 valence electrons. The van der Waals surface area contributed by atoms with E-state index in [-0.39, 0.29) is 21.2 Å². The highest BCUT2D eigenvalue weighted by Crippen LogP contribution is 2.74. The fourth-order valence-electron chi connectivity index (χ4n) is 2.70. The monoisotopic (exact) mass is 291 g/mol. The average Bonchev–Trinajstić information content (AvgIpc) is 3.29. The molecule has 19 heavy (non-hydrogen) atoms. The standard InChI is InChI=1S/C13H9NO3S2/c15-9(8-4-2-1-3-5-8)12-6-7-13(14(16)17)11(19-13)10(12)18-12/h1-7,10-11H. The van der Waals surface area contributed by atoms with Gasteiger partial charge in [-0.15, -0.1) is 11.8 Å². The fraction of sp³-hybridized carbons (Fsp3) is 0.308. The topological polar surface area (TPSA) is 60.2 Å². The minimum atomic E-state index is -0.950. The van der Waals surface area contributed by atoms with Gasteiger partial charge in [0.25, 0.3) is 4.87 Å². The van der Waals surface area contributed by atoms with E-state index < -0.39 is 9.62 Å². The maximum Gasteiger partial charge on any atom is 0.299 e. The molecule has 0 amide bonds. The Hall–Kier alpha value is -1.27. The molecular weight excluding hydrogens is 282 g/mol. The van der Waals surface area contributed by atoms with Gasteiger partial charge in [0.15, 0.2) is 5.78 Å². The molecule has 2 aliphatic heterocycles. The summed E-state index contributed by atoms with van der Waals surface area (Å²) in [6.45, 7) is 0. The molecule has 4 rings (SSSR count). The normalized spacial score (nSPS) is 41.1. The zero-order valence-corrected chi connectivity index (χ0v) is 11.3. The Labute approximate surface area is 117 Å². The van der Waals surface area contributed by atoms with Gasteiger partial charge in [-0.3, -0.25) is 14.9 Å². The Morgan fingerprint density at radius 3 is 2.58 bits per heavy atom. The Morgan fingerprint density at radius 2 is 1.89 bits per heavy atom. The molecule has 0 aromatic heterocycles. The summed E-state index contributed by atoms with van der Waals surface area (Å²) in [6.07, 6.45) is 3.39. The van der Waals surface area contributed by atoms with Crippen molar-refractivity contribution in [1.82, 2.24) is 0 Å². The first-order valence-electron chi connectivity index (χ1n) is 5.90. The number of carbonyl (C=O) groups is 1. The van der Waals surface area contributed by atoms with E-state index in [1.807, 2.05) is 18.2 Å². The Balaban J connectivity index is 1.68. The third kappa shape index (κ3) is 1.36. The highest BCUT2D eigenvalue weighted by molar-refractivity contribution is 8.14. The molecule has 2 saturated heterocycles. The first-order valence-corrected chi connectivity index (χ1v) is 7.66. The number of hydrogen-bond acceptors (Lipinski definition) is 5. The number of ketones is 1. The lowest BCUT2D eigenvalue weighted by atomic mass is 9.87. The molecule has 4 atom stereocenters. The number of nitro groups is 1. The van der Waals surface area contributed by atoms with Gasteiger partial charge >= 0.3 is 0 Å². The van der Waals surface area contributed by atoms with Crippen LogP contribution in [0.5, 0.6) is 0 Å². The summed E-state index contributed by atoms with van der Waals surface area (Å²) in [5, 5.41) is 11.1. The van der Waals surface area contributed by atoms with E-state index in [4.69, 9.17) is 0 Å². The van der Waals surface area contributed by atoms with Crippen LogP contribution in [0.4, 0.5) is 0 Å². The second kappa shape index (κ2) is 3.43. The van der Waals surface area contributed by atoms with Gasteiger partial charge in [-0.25, -0.2) is 0 Å². The molecule has 2 heterocycles. The van der Waals surface area contributed by atoms with Crippen LogP contribution in [0.15, 0.2) is 42.5 Å². The number of fused-ring (bicyclic) bond motifs is 3. The summed E-state index contributed by atoms with van der Waals surface area (Å²) in [6, 6.07) is 9.15. The van der Waals surface area contributed by atoms with E-state index in [1.54, 1.807) is 36.0 Å². The van der Waals surface area contributed by atoms with E-state index in [1.165, 1.54) is 11.8 Å². The largest absolute Gasteiger partial charge is 0.299 e. The van der Waals surface area contributed by atoms with Crippen LogP contribution in [0.25, 0.3) is 0 Å². The summed E-state index contributed by atoms with van der Waals surface area (Å²) in [5.74, 6) is 0.0730. The predicted octanol–water partition coefficient (Wildman–Crippen LogP) is 2.38. The predicted molar refractivity (Wildman–Crippen MR) is 75.1 cm³/mol. The van der Waals surface area contributed by atoms with Crippen LogP contribution in [0.1, 0.15) is 10.4 Å². The molecule has 4 unspecified atom stereocenters. The minimum Gasteiger partial charge on any atom is -0.292 e. The first kappa shape index (κ1) is 11.5. The maximum atomic E-state index is 12.6. The second-order valence-corrected chi connectivity index (χ2v) is 7.72. The Morgan fingerprint density at radius 1 is 1.16 bits per heavy atom. The molecular formula is C13H9NO3S2. The van der Waals surface area contributed by atoms with Crippen molar-refractivity contribution in [2.75, 3.05) is 0 Å². The number of nitrogens with zero attached hydrogens (tertiary/aromatic N) is 1. The lowest BCUT2D eigenvalue weighted by Crippen LogP contribution is -2.36. The van der Waals surface area contributed by atoms with Crippen LogP contribution in [0.2, 0.25) is 0 Å². The van der Waals surface area contributed by atoms with Crippen LogP contribution in [0.3, 0.4) is 0 Å². The van der Waals surface area contributed by atoms with Crippen molar-refractivity contribution >= 4 is 29.3 Å². The van der Waals surface area contributed by atoms with Crippen LogP contribution < -0.4 is 0 Å². The van der Waals surface area contributed by atoms with Gasteiger partial charge in [-0.2, -0.15) is 0 Å². The highest BCUT2D eigenvalue weighted by Gasteiger charge is 2.81. The zero-order valence-electron chi connectivity index (χ0n) is 9.68. The van der Waals surface area contributed by atoms with Crippen molar-refractivity contribution in [3.8, 4) is 0 Å². The molecule has 1 aliphatic carbocycles. The summed E-state index contributed by atoms with van der Waals surface area (Å²) in [5.41, 5.74) is 0.682.